The topological polar surface area (TPSA) is 75.6 Å². The van der Waals surface area contributed by atoms with E-state index in [1.165, 1.54) is 24.3 Å². The Morgan fingerprint density at radius 3 is 2.04 bits per heavy atom. The molecule has 0 atom stereocenters. The first kappa shape index (κ1) is 18.6. The molecule has 0 aliphatic carbocycles. The molecule has 0 spiro atoms. The minimum Gasteiger partial charge on any atom is -0.477 e. The largest absolute Gasteiger partial charge is 0.477 e. The summed E-state index contributed by atoms with van der Waals surface area (Å²) in [6.07, 6.45) is 0.243. The Bertz CT molecular complexity index is 610. The predicted octanol–water partition coefficient (Wildman–Crippen LogP) is 3.75. The number of benzene rings is 1. The Kier molecular flexibility index (Phi) is 5.47. The number of hydrogen-bond acceptors (Lipinski definition) is 3. The lowest BCUT2D eigenvalue weighted by Crippen LogP contribution is -2.34. The van der Waals surface area contributed by atoms with Gasteiger partial charge in [0.2, 0.25) is 0 Å². The first-order valence-electron chi connectivity index (χ1n) is 6.82. The van der Waals surface area contributed by atoms with E-state index in [2.05, 4.69) is 5.32 Å². The molecule has 1 rings (SSSR count). The molecule has 0 radical (unpaired) electrons. The van der Waals surface area contributed by atoms with Crippen LogP contribution in [0.4, 0.5) is 13.6 Å². The van der Waals surface area contributed by atoms with Crippen LogP contribution in [-0.4, -0.2) is 22.8 Å². The number of aliphatic carboxylic acids is 1. The van der Waals surface area contributed by atoms with Gasteiger partial charge in [-0.25, -0.2) is 18.4 Å². The molecule has 0 fully saturated rings. The molecule has 1 aromatic rings. The summed E-state index contributed by atoms with van der Waals surface area (Å²) in [4.78, 5) is 22.8. The van der Waals surface area contributed by atoms with Crippen LogP contribution < -0.4 is 5.32 Å². The predicted molar refractivity (Wildman–Crippen MR) is 81.0 cm³/mol. The van der Waals surface area contributed by atoms with Gasteiger partial charge in [-0.2, -0.15) is 0 Å². The van der Waals surface area contributed by atoms with E-state index < -0.39 is 29.3 Å². The van der Waals surface area contributed by atoms with Crippen molar-refractivity contribution in [2.24, 2.45) is 0 Å². The highest BCUT2D eigenvalue weighted by Gasteiger charge is 2.24. The second kappa shape index (κ2) is 6.76. The van der Waals surface area contributed by atoms with Crippen molar-refractivity contribution in [1.82, 2.24) is 5.32 Å². The molecule has 0 heterocycles. The molecule has 0 aromatic heterocycles. The summed E-state index contributed by atoms with van der Waals surface area (Å²) in [5.74, 6) is -4.35. The van der Waals surface area contributed by atoms with Crippen molar-refractivity contribution in [2.45, 2.75) is 39.2 Å². The SMILES string of the molecule is CC(C)(C)OC(=O)N/C(=C/c1ccc(C(C)(F)F)cc1)C(=O)O. The summed E-state index contributed by atoms with van der Waals surface area (Å²) in [6, 6.07) is 5.07. The smallest absolute Gasteiger partial charge is 0.412 e. The number of carboxylic acid groups (broad SMARTS) is 1. The van der Waals surface area contributed by atoms with E-state index in [0.29, 0.717) is 5.56 Å². The maximum Gasteiger partial charge on any atom is 0.412 e. The third kappa shape index (κ3) is 6.46. The van der Waals surface area contributed by atoms with E-state index in [1.807, 2.05) is 0 Å². The number of amides is 1. The lowest BCUT2D eigenvalue weighted by atomic mass is 10.1. The molecule has 0 unspecified atom stereocenters. The Balaban J connectivity index is 2.95. The molecule has 0 aliphatic rings. The quantitative estimate of drug-likeness (QED) is 0.826. The third-order valence-corrected chi connectivity index (χ3v) is 2.59. The van der Waals surface area contributed by atoms with Crippen molar-refractivity contribution in [3.05, 3.63) is 41.1 Å². The minimum atomic E-state index is -2.98. The number of ether oxygens (including phenoxy) is 1. The van der Waals surface area contributed by atoms with Crippen molar-refractivity contribution in [1.29, 1.82) is 0 Å². The standard InChI is InChI=1S/C16H19F2NO4/c1-15(2,3)23-14(22)19-12(13(20)21)9-10-5-7-11(8-6-10)16(4,17)18/h5-9H,1-4H3,(H,19,22)(H,20,21)/b12-9+. The second-order valence-corrected chi connectivity index (χ2v) is 6.00. The van der Waals surface area contributed by atoms with Gasteiger partial charge in [0.15, 0.2) is 0 Å². The molecule has 5 nitrogen and oxygen atoms in total. The number of alkyl halides is 2. The van der Waals surface area contributed by atoms with Crippen molar-refractivity contribution in [2.75, 3.05) is 0 Å². The molecule has 7 heteroatoms. The number of carboxylic acids is 1. The maximum atomic E-state index is 13.1. The highest BCUT2D eigenvalue weighted by molar-refractivity contribution is 5.95. The van der Waals surface area contributed by atoms with Crippen LogP contribution in [0.3, 0.4) is 0 Å². The van der Waals surface area contributed by atoms with Crippen molar-refractivity contribution in [3.63, 3.8) is 0 Å². The summed E-state index contributed by atoms with van der Waals surface area (Å²) >= 11 is 0. The summed E-state index contributed by atoms with van der Waals surface area (Å²) in [7, 11) is 0. The third-order valence-electron chi connectivity index (χ3n) is 2.59. The van der Waals surface area contributed by atoms with Gasteiger partial charge in [0.1, 0.15) is 11.3 Å². The van der Waals surface area contributed by atoms with Crippen molar-refractivity contribution < 1.29 is 28.2 Å². The van der Waals surface area contributed by atoms with E-state index in [-0.39, 0.29) is 5.56 Å². The molecule has 0 bridgehead atoms. The van der Waals surface area contributed by atoms with Crippen LogP contribution in [0, 0.1) is 0 Å². The Hall–Kier alpha value is -2.44. The monoisotopic (exact) mass is 327 g/mol. The van der Waals surface area contributed by atoms with Crippen LogP contribution in [-0.2, 0) is 15.5 Å². The summed E-state index contributed by atoms with van der Waals surface area (Å²) in [5.41, 5.74) is -1.03. The number of rotatable bonds is 4. The molecule has 126 valence electrons. The van der Waals surface area contributed by atoms with Crippen LogP contribution in [0.15, 0.2) is 30.0 Å². The number of hydrogen-bond donors (Lipinski definition) is 2. The molecule has 23 heavy (non-hydrogen) atoms. The number of nitrogens with one attached hydrogen (secondary N) is 1. The zero-order chi connectivity index (χ0) is 17.8. The van der Waals surface area contributed by atoms with Crippen LogP contribution in [0.25, 0.3) is 6.08 Å². The fourth-order valence-electron chi connectivity index (χ4n) is 1.60. The molecule has 0 aliphatic heterocycles. The number of alkyl carbamates (subject to hydrolysis) is 1. The van der Waals surface area contributed by atoms with Gasteiger partial charge >= 0.3 is 12.1 Å². The van der Waals surface area contributed by atoms with Gasteiger partial charge in [-0.15, -0.1) is 0 Å². The first-order valence-corrected chi connectivity index (χ1v) is 6.82. The Morgan fingerprint density at radius 2 is 1.65 bits per heavy atom. The highest BCUT2D eigenvalue weighted by Crippen LogP contribution is 2.27. The van der Waals surface area contributed by atoms with Gasteiger partial charge < -0.3 is 9.84 Å². The van der Waals surface area contributed by atoms with Gasteiger partial charge in [0.05, 0.1) is 0 Å². The molecular formula is C16H19F2NO4. The molecule has 1 amide bonds. The lowest BCUT2D eigenvalue weighted by Gasteiger charge is -2.19. The average molecular weight is 327 g/mol. The minimum absolute atomic E-state index is 0.188. The number of halogens is 2. The van der Waals surface area contributed by atoms with Crippen molar-refractivity contribution in [3.8, 4) is 0 Å². The fourth-order valence-corrected chi connectivity index (χ4v) is 1.60. The summed E-state index contributed by atoms with van der Waals surface area (Å²) in [5, 5.41) is 11.2. The van der Waals surface area contributed by atoms with Gasteiger partial charge in [0, 0.05) is 12.5 Å². The Labute approximate surface area is 133 Å². The summed E-state index contributed by atoms with van der Waals surface area (Å²) < 4.78 is 31.2. The van der Waals surface area contributed by atoms with Crippen LogP contribution in [0.5, 0.6) is 0 Å². The van der Waals surface area contributed by atoms with Crippen LogP contribution in [0.1, 0.15) is 38.8 Å². The van der Waals surface area contributed by atoms with E-state index in [9.17, 15) is 18.4 Å². The van der Waals surface area contributed by atoms with Crippen LogP contribution >= 0.6 is 0 Å². The van der Waals surface area contributed by atoms with Gasteiger partial charge in [-0.1, -0.05) is 24.3 Å². The molecule has 0 saturated carbocycles. The van der Waals surface area contributed by atoms with Gasteiger partial charge in [-0.3, -0.25) is 5.32 Å². The highest BCUT2D eigenvalue weighted by atomic mass is 19.3. The van der Waals surface area contributed by atoms with E-state index in [4.69, 9.17) is 9.84 Å². The molecule has 0 saturated heterocycles. The second-order valence-electron chi connectivity index (χ2n) is 6.00. The molecule has 2 N–H and O–H groups in total. The van der Waals surface area contributed by atoms with E-state index in [0.717, 1.165) is 13.0 Å². The van der Waals surface area contributed by atoms with Crippen LogP contribution in [0.2, 0.25) is 0 Å². The number of carbonyl (C=O) groups excluding carboxylic acids is 1. The van der Waals surface area contributed by atoms with Gasteiger partial charge in [0.25, 0.3) is 5.92 Å². The first-order chi connectivity index (χ1) is 10.4. The normalized spacial score (nSPS) is 12.7. The van der Waals surface area contributed by atoms with Gasteiger partial charge in [-0.05, 0) is 32.4 Å². The van der Waals surface area contributed by atoms with Crippen molar-refractivity contribution >= 4 is 18.1 Å². The summed E-state index contributed by atoms with van der Waals surface area (Å²) in [6.45, 7) is 5.69. The molecular weight excluding hydrogens is 308 g/mol. The molecule has 1 aromatic carbocycles. The zero-order valence-electron chi connectivity index (χ0n) is 13.3. The lowest BCUT2D eigenvalue weighted by molar-refractivity contribution is -0.133. The maximum absolute atomic E-state index is 13.1. The fraction of sp³-hybridized carbons (Fsp3) is 0.375. The Morgan fingerprint density at radius 1 is 1.13 bits per heavy atom. The average Bonchev–Trinajstić information content (AvgIpc) is 2.35. The zero-order valence-corrected chi connectivity index (χ0v) is 13.3. The number of carbonyl (C=O) groups is 2. The van der Waals surface area contributed by atoms with E-state index >= 15 is 0 Å². The van der Waals surface area contributed by atoms with E-state index in [1.54, 1.807) is 20.8 Å².